The second-order valence-corrected chi connectivity index (χ2v) is 3.87. The SMILES string of the molecule is O=C(Oc1cccc(-n2ccnc2)c1)c1ccoc1. The molecule has 94 valence electrons. The number of furan rings is 1. The summed E-state index contributed by atoms with van der Waals surface area (Å²) in [5.74, 6) is 0.0222. The molecule has 1 aromatic carbocycles. The lowest BCUT2D eigenvalue weighted by Gasteiger charge is -2.06. The number of ether oxygens (including phenoxy) is 1. The fraction of sp³-hybridized carbons (Fsp3) is 0. The molecule has 0 fully saturated rings. The molecule has 0 aliphatic heterocycles. The van der Waals surface area contributed by atoms with Gasteiger partial charge in [0.05, 0.1) is 23.8 Å². The van der Waals surface area contributed by atoms with Crippen molar-refractivity contribution in [3.63, 3.8) is 0 Å². The summed E-state index contributed by atoms with van der Waals surface area (Å²) >= 11 is 0. The number of esters is 1. The topological polar surface area (TPSA) is 57.3 Å². The summed E-state index contributed by atoms with van der Waals surface area (Å²) < 4.78 is 11.9. The zero-order valence-electron chi connectivity index (χ0n) is 9.89. The van der Waals surface area contributed by atoms with Crippen molar-refractivity contribution in [3.8, 4) is 11.4 Å². The van der Waals surface area contributed by atoms with Gasteiger partial charge in [0, 0.05) is 18.5 Å². The van der Waals surface area contributed by atoms with Crippen LogP contribution >= 0.6 is 0 Å². The molecule has 0 aliphatic rings. The van der Waals surface area contributed by atoms with Gasteiger partial charge in [-0.1, -0.05) is 6.07 Å². The summed E-state index contributed by atoms with van der Waals surface area (Å²) in [5, 5.41) is 0. The van der Waals surface area contributed by atoms with Crippen LogP contribution in [0, 0.1) is 0 Å². The summed E-state index contributed by atoms with van der Waals surface area (Å²) in [6.07, 6.45) is 7.96. The molecule has 0 spiro atoms. The van der Waals surface area contributed by atoms with Crippen LogP contribution in [0.3, 0.4) is 0 Å². The van der Waals surface area contributed by atoms with Crippen LogP contribution in [0.5, 0.6) is 5.75 Å². The first kappa shape index (κ1) is 11.3. The summed E-state index contributed by atoms with van der Waals surface area (Å²) in [6.45, 7) is 0. The van der Waals surface area contributed by atoms with Crippen LogP contribution in [0.1, 0.15) is 10.4 Å². The van der Waals surface area contributed by atoms with E-state index in [2.05, 4.69) is 4.98 Å². The van der Waals surface area contributed by atoms with Crippen molar-refractivity contribution in [1.29, 1.82) is 0 Å². The Morgan fingerprint density at radius 2 is 2.26 bits per heavy atom. The maximum atomic E-state index is 11.8. The number of carbonyl (C=O) groups is 1. The Kier molecular flexibility index (Phi) is 2.86. The van der Waals surface area contributed by atoms with E-state index in [-0.39, 0.29) is 0 Å². The van der Waals surface area contributed by atoms with Gasteiger partial charge < -0.3 is 13.7 Å². The van der Waals surface area contributed by atoms with E-state index in [1.807, 2.05) is 22.9 Å². The van der Waals surface area contributed by atoms with Crippen LogP contribution in [-0.4, -0.2) is 15.5 Å². The van der Waals surface area contributed by atoms with E-state index in [0.29, 0.717) is 11.3 Å². The van der Waals surface area contributed by atoms with Crippen molar-refractivity contribution in [2.45, 2.75) is 0 Å². The minimum absolute atomic E-state index is 0.382. The second kappa shape index (κ2) is 4.81. The number of imidazole rings is 1. The highest BCUT2D eigenvalue weighted by Crippen LogP contribution is 2.18. The van der Waals surface area contributed by atoms with Gasteiger partial charge in [-0.05, 0) is 18.2 Å². The number of carbonyl (C=O) groups excluding carboxylic acids is 1. The minimum atomic E-state index is -0.448. The fourth-order valence-corrected chi connectivity index (χ4v) is 1.67. The molecule has 2 aromatic heterocycles. The molecular formula is C14H10N2O3. The molecular weight excluding hydrogens is 244 g/mol. The van der Waals surface area contributed by atoms with Gasteiger partial charge in [-0.15, -0.1) is 0 Å². The fourth-order valence-electron chi connectivity index (χ4n) is 1.67. The first-order valence-electron chi connectivity index (χ1n) is 5.66. The third-order valence-corrected chi connectivity index (χ3v) is 2.59. The number of nitrogens with zero attached hydrogens (tertiary/aromatic N) is 2. The van der Waals surface area contributed by atoms with E-state index in [4.69, 9.17) is 9.15 Å². The summed E-state index contributed by atoms with van der Waals surface area (Å²) in [6, 6.07) is 8.75. The van der Waals surface area contributed by atoms with Gasteiger partial charge in [-0.3, -0.25) is 0 Å². The Morgan fingerprint density at radius 3 is 3.00 bits per heavy atom. The maximum Gasteiger partial charge on any atom is 0.346 e. The molecule has 0 saturated carbocycles. The van der Waals surface area contributed by atoms with Crippen molar-refractivity contribution in [3.05, 3.63) is 67.1 Å². The van der Waals surface area contributed by atoms with Crippen LogP contribution in [0.25, 0.3) is 5.69 Å². The van der Waals surface area contributed by atoms with Gasteiger partial charge in [0.15, 0.2) is 0 Å². The molecule has 19 heavy (non-hydrogen) atoms. The van der Waals surface area contributed by atoms with Gasteiger partial charge in [-0.2, -0.15) is 0 Å². The molecule has 0 atom stereocenters. The molecule has 0 saturated heterocycles. The molecule has 5 heteroatoms. The summed E-state index contributed by atoms with van der Waals surface area (Å²) in [4.78, 5) is 15.7. The van der Waals surface area contributed by atoms with Gasteiger partial charge in [0.1, 0.15) is 12.0 Å². The highest BCUT2D eigenvalue weighted by Gasteiger charge is 2.10. The Balaban J connectivity index is 1.82. The van der Waals surface area contributed by atoms with Gasteiger partial charge in [-0.25, -0.2) is 9.78 Å². The molecule has 0 unspecified atom stereocenters. The molecule has 3 aromatic rings. The van der Waals surface area contributed by atoms with Crippen LogP contribution in [0.15, 0.2) is 66.0 Å². The van der Waals surface area contributed by atoms with Crippen LogP contribution in [0.4, 0.5) is 0 Å². The van der Waals surface area contributed by atoms with Crippen LogP contribution in [0.2, 0.25) is 0 Å². The van der Waals surface area contributed by atoms with E-state index in [1.165, 1.54) is 12.5 Å². The number of benzene rings is 1. The lowest BCUT2D eigenvalue weighted by molar-refractivity contribution is 0.0734. The molecule has 0 amide bonds. The number of hydrogen-bond acceptors (Lipinski definition) is 4. The van der Waals surface area contributed by atoms with E-state index in [0.717, 1.165) is 5.69 Å². The standard InChI is InChI=1S/C14H10N2O3/c17-14(11-4-7-18-9-11)19-13-3-1-2-12(8-13)16-6-5-15-10-16/h1-10H. The third kappa shape index (κ3) is 2.40. The summed E-state index contributed by atoms with van der Waals surface area (Å²) in [7, 11) is 0. The lowest BCUT2D eigenvalue weighted by atomic mass is 10.3. The van der Waals surface area contributed by atoms with Gasteiger partial charge in [0.25, 0.3) is 0 Å². The van der Waals surface area contributed by atoms with Crippen molar-refractivity contribution < 1.29 is 13.9 Å². The molecule has 5 nitrogen and oxygen atoms in total. The van der Waals surface area contributed by atoms with E-state index < -0.39 is 5.97 Å². The molecule has 0 aliphatic carbocycles. The minimum Gasteiger partial charge on any atom is -0.472 e. The highest BCUT2D eigenvalue weighted by molar-refractivity contribution is 5.90. The first-order chi connectivity index (χ1) is 9.33. The highest BCUT2D eigenvalue weighted by atomic mass is 16.5. The van der Waals surface area contributed by atoms with Crippen LogP contribution < -0.4 is 4.74 Å². The van der Waals surface area contributed by atoms with Crippen molar-refractivity contribution >= 4 is 5.97 Å². The Morgan fingerprint density at radius 1 is 1.32 bits per heavy atom. The molecule has 2 heterocycles. The summed E-state index contributed by atoms with van der Waals surface area (Å²) in [5.41, 5.74) is 1.25. The van der Waals surface area contributed by atoms with Gasteiger partial charge in [0.2, 0.25) is 0 Å². The normalized spacial score (nSPS) is 10.3. The number of rotatable bonds is 3. The number of aromatic nitrogens is 2. The largest absolute Gasteiger partial charge is 0.472 e. The van der Waals surface area contributed by atoms with Crippen molar-refractivity contribution in [2.75, 3.05) is 0 Å². The van der Waals surface area contributed by atoms with E-state index in [1.54, 1.807) is 30.7 Å². The average Bonchev–Trinajstić information content (AvgIpc) is 3.13. The number of hydrogen-bond donors (Lipinski definition) is 0. The Hall–Kier alpha value is -2.82. The predicted octanol–water partition coefficient (Wildman–Crippen LogP) is 2.68. The average molecular weight is 254 g/mol. The quantitative estimate of drug-likeness (QED) is 0.532. The van der Waals surface area contributed by atoms with Crippen molar-refractivity contribution in [1.82, 2.24) is 9.55 Å². The molecule has 0 N–H and O–H groups in total. The predicted molar refractivity (Wildman–Crippen MR) is 67.2 cm³/mol. The lowest BCUT2D eigenvalue weighted by Crippen LogP contribution is -2.07. The first-order valence-corrected chi connectivity index (χ1v) is 5.66. The van der Waals surface area contributed by atoms with E-state index >= 15 is 0 Å². The maximum absolute atomic E-state index is 11.8. The Bertz CT molecular complexity index is 673. The van der Waals surface area contributed by atoms with Crippen molar-refractivity contribution in [2.24, 2.45) is 0 Å². The second-order valence-electron chi connectivity index (χ2n) is 3.87. The molecule has 0 bridgehead atoms. The molecule has 3 rings (SSSR count). The third-order valence-electron chi connectivity index (χ3n) is 2.59. The van der Waals surface area contributed by atoms with Gasteiger partial charge >= 0.3 is 5.97 Å². The Labute approximate surface area is 109 Å². The zero-order chi connectivity index (χ0) is 13.1. The molecule has 0 radical (unpaired) electrons. The van der Waals surface area contributed by atoms with E-state index in [9.17, 15) is 4.79 Å². The smallest absolute Gasteiger partial charge is 0.346 e. The van der Waals surface area contributed by atoms with Crippen LogP contribution in [-0.2, 0) is 0 Å². The monoisotopic (exact) mass is 254 g/mol. The zero-order valence-corrected chi connectivity index (χ0v) is 9.89.